The van der Waals surface area contributed by atoms with E-state index in [9.17, 15) is 0 Å². The number of allylic oxidation sites excluding steroid dienone is 4. The van der Waals surface area contributed by atoms with Gasteiger partial charge in [0.15, 0.2) is 6.08 Å². The summed E-state index contributed by atoms with van der Waals surface area (Å²) in [4.78, 5) is 0. The minimum absolute atomic E-state index is 0. The molecule has 0 aliphatic heterocycles. The zero-order valence-electron chi connectivity index (χ0n) is 4.00. The SMILES string of the molecule is [C+]1=CC=CCC1.[Fe+2]. The first-order valence-corrected chi connectivity index (χ1v) is 2.22. The number of hydrogen-bond donors (Lipinski definition) is 0. The molecule has 0 aromatic rings. The molecule has 0 unspecified atom stereocenters. The van der Waals surface area contributed by atoms with Crippen LogP contribution in [0.4, 0.5) is 0 Å². The van der Waals surface area contributed by atoms with E-state index in [1.807, 2.05) is 12.2 Å². The van der Waals surface area contributed by atoms with Crippen LogP contribution in [0.1, 0.15) is 12.8 Å². The van der Waals surface area contributed by atoms with E-state index in [-0.39, 0.29) is 17.1 Å². The first-order valence-electron chi connectivity index (χ1n) is 2.22. The summed E-state index contributed by atoms with van der Waals surface area (Å²) in [6, 6.07) is 0. The van der Waals surface area contributed by atoms with E-state index in [1.54, 1.807) is 0 Å². The molecule has 0 aromatic heterocycles. The number of rotatable bonds is 0. The van der Waals surface area contributed by atoms with Gasteiger partial charge in [0.25, 0.3) is 0 Å². The average Bonchev–Trinajstić information content (AvgIpc) is 1.72. The van der Waals surface area contributed by atoms with Gasteiger partial charge in [-0.3, -0.25) is 0 Å². The monoisotopic (exact) mass is 135 g/mol. The standard InChI is InChI=1S/C6H7.Fe/c1-2-4-6-5-3-1;/h1-3H,4,6H2;/q+1;+2. The smallest absolute Gasteiger partial charge is 0.00201 e. The Balaban J connectivity index is 0.000000360. The van der Waals surface area contributed by atoms with Gasteiger partial charge < -0.3 is 0 Å². The van der Waals surface area contributed by atoms with E-state index < -0.39 is 0 Å². The van der Waals surface area contributed by atoms with Gasteiger partial charge in [-0.15, -0.1) is 0 Å². The van der Waals surface area contributed by atoms with Crippen LogP contribution in [0.25, 0.3) is 0 Å². The first kappa shape index (κ1) is 6.91. The summed E-state index contributed by atoms with van der Waals surface area (Å²) in [5.74, 6) is 0. The van der Waals surface area contributed by atoms with Crippen molar-refractivity contribution in [2.75, 3.05) is 0 Å². The van der Waals surface area contributed by atoms with E-state index in [0.717, 1.165) is 6.42 Å². The molecule has 36 valence electrons. The summed E-state index contributed by atoms with van der Waals surface area (Å²) in [7, 11) is 0. The Hall–Kier alpha value is -0.0905. The minimum atomic E-state index is 0. The molecule has 0 radical (unpaired) electrons. The van der Waals surface area contributed by atoms with Crippen molar-refractivity contribution in [3.05, 3.63) is 24.3 Å². The maximum atomic E-state index is 3.07. The predicted molar refractivity (Wildman–Crippen MR) is 26.2 cm³/mol. The van der Waals surface area contributed by atoms with Crippen LogP contribution >= 0.6 is 0 Å². The van der Waals surface area contributed by atoms with Crippen LogP contribution in [0.3, 0.4) is 0 Å². The van der Waals surface area contributed by atoms with Crippen LogP contribution in [0.5, 0.6) is 0 Å². The molecule has 0 spiro atoms. The third kappa shape index (κ3) is 2.59. The quantitative estimate of drug-likeness (QED) is 0.350. The summed E-state index contributed by atoms with van der Waals surface area (Å²) in [5.41, 5.74) is 0. The Kier molecular flexibility index (Phi) is 4.03. The fourth-order valence-corrected chi connectivity index (χ4v) is 0.482. The maximum absolute atomic E-state index is 3.07. The zero-order chi connectivity index (χ0) is 4.24. The van der Waals surface area contributed by atoms with Crippen LogP contribution in [0.2, 0.25) is 0 Å². The van der Waals surface area contributed by atoms with Crippen molar-refractivity contribution in [2.24, 2.45) is 0 Å². The van der Waals surface area contributed by atoms with Gasteiger partial charge in [0.05, 0.1) is 18.6 Å². The Labute approximate surface area is 54.8 Å². The molecule has 1 aliphatic carbocycles. The molecule has 0 fully saturated rings. The van der Waals surface area contributed by atoms with E-state index in [1.165, 1.54) is 6.42 Å². The molecular weight excluding hydrogens is 128 g/mol. The van der Waals surface area contributed by atoms with Gasteiger partial charge in [-0.2, -0.15) is 0 Å². The van der Waals surface area contributed by atoms with Crippen molar-refractivity contribution in [3.8, 4) is 0 Å². The molecule has 0 atom stereocenters. The van der Waals surface area contributed by atoms with Gasteiger partial charge in [0.2, 0.25) is 0 Å². The molecule has 0 nitrogen and oxygen atoms in total. The maximum Gasteiger partial charge on any atom is 2.00 e. The second kappa shape index (κ2) is 4.08. The van der Waals surface area contributed by atoms with Gasteiger partial charge >= 0.3 is 17.1 Å². The second-order valence-electron chi connectivity index (χ2n) is 1.34. The van der Waals surface area contributed by atoms with Crippen LogP contribution in [0, 0.1) is 6.08 Å². The van der Waals surface area contributed by atoms with Gasteiger partial charge in [0, 0.05) is 12.5 Å². The van der Waals surface area contributed by atoms with Crippen molar-refractivity contribution < 1.29 is 17.1 Å². The molecule has 1 rings (SSSR count). The predicted octanol–water partition coefficient (Wildman–Crippen LogP) is 1.69. The summed E-state index contributed by atoms with van der Waals surface area (Å²) in [5, 5.41) is 0. The van der Waals surface area contributed by atoms with Crippen molar-refractivity contribution in [1.29, 1.82) is 0 Å². The molecule has 0 amide bonds. The zero-order valence-corrected chi connectivity index (χ0v) is 5.10. The topological polar surface area (TPSA) is 0 Å². The van der Waals surface area contributed by atoms with Gasteiger partial charge in [0.1, 0.15) is 0 Å². The molecule has 0 N–H and O–H groups in total. The fourth-order valence-electron chi connectivity index (χ4n) is 0.482. The van der Waals surface area contributed by atoms with E-state index in [2.05, 4.69) is 12.2 Å². The van der Waals surface area contributed by atoms with Crippen LogP contribution in [-0.2, 0) is 17.1 Å². The summed E-state index contributed by atoms with van der Waals surface area (Å²) >= 11 is 0. The van der Waals surface area contributed by atoms with Gasteiger partial charge in [-0.25, -0.2) is 0 Å². The third-order valence-electron chi connectivity index (χ3n) is 0.806. The molecule has 0 aromatic carbocycles. The Morgan fingerprint density at radius 3 is 2.43 bits per heavy atom. The van der Waals surface area contributed by atoms with E-state index in [0.29, 0.717) is 0 Å². The van der Waals surface area contributed by atoms with Crippen LogP contribution < -0.4 is 0 Å². The van der Waals surface area contributed by atoms with Crippen LogP contribution in [0.15, 0.2) is 18.2 Å². The minimum Gasteiger partial charge on any atom is 0.00201 e. The summed E-state index contributed by atoms with van der Waals surface area (Å²) in [6.45, 7) is 0. The van der Waals surface area contributed by atoms with E-state index in [4.69, 9.17) is 0 Å². The first-order chi connectivity index (χ1) is 3.00. The molecule has 0 heterocycles. The second-order valence-corrected chi connectivity index (χ2v) is 1.34. The summed E-state index contributed by atoms with van der Waals surface area (Å²) < 4.78 is 0. The molecule has 7 heavy (non-hydrogen) atoms. The van der Waals surface area contributed by atoms with E-state index >= 15 is 0 Å². The molecular formula is C6H7Fe+3. The Bertz CT molecular complexity index is 70.2. The Morgan fingerprint density at radius 1 is 1.43 bits per heavy atom. The molecule has 1 aliphatic rings. The van der Waals surface area contributed by atoms with Gasteiger partial charge in [-0.05, 0) is 0 Å². The average molecular weight is 135 g/mol. The van der Waals surface area contributed by atoms with Crippen molar-refractivity contribution in [1.82, 2.24) is 0 Å². The third-order valence-corrected chi connectivity index (χ3v) is 0.806. The number of hydrogen-bond acceptors (Lipinski definition) is 0. The molecule has 1 heteroatoms. The fraction of sp³-hybridized carbons (Fsp3) is 0.333. The van der Waals surface area contributed by atoms with Crippen LogP contribution in [-0.4, -0.2) is 0 Å². The van der Waals surface area contributed by atoms with Gasteiger partial charge in [-0.1, -0.05) is 0 Å². The molecule has 0 saturated carbocycles. The Morgan fingerprint density at radius 2 is 2.29 bits per heavy atom. The molecule has 0 saturated heterocycles. The van der Waals surface area contributed by atoms with Crippen molar-refractivity contribution >= 4 is 0 Å². The largest absolute Gasteiger partial charge is 2.00 e. The van der Waals surface area contributed by atoms with Crippen molar-refractivity contribution in [3.63, 3.8) is 0 Å². The van der Waals surface area contributed by atoms with Crippen molar-refractivity contribution in [2.45, 2.75) is 12.8 Å². The molecule has 0 bridgehead atoms. The summed E-state index contributed by atoms with van der Waals surface area (Å²) in [6.07, 6.45) is 11.5. The normalized spacial score (nSPS) is 14.9.